The van der Waals surface area contributed by atoms with Gasteiger partial charge in [-0.25, -0.2) is 4.98 Å². The minimum Gasteiger partial charge on any atom is -0.357 e. The monoisotopic (exact) mass is 248 g/mol. The first-order valence-electron chi connectivity index (χ1n) is 7.01. The molecule has 2 rings (SSSR count). The number of aromatic nitrogens is 2. The molecule has 1 saturated heterocycles. The van der Waals surface area contributed by atoms with Gasteiger partial charge in [0.1, 0.15) is 5.82 Å². The first kappa shape index (κ1) is 13.1. The molecule has 1 aliphatic rings. The van der Waals surface area contributed by atoms with E-state index in [4.69, 9.17) is 0 Å². The third-order valence-electron chi connectivity index (χ3n) is 3.89. The molecule has 0 saturated carbocycles. The first-order chi connectivity index (χ1) is 8.74. The molecule has 0 aliphatic carbocycles. The fourth-order valence-corrected chi connectivity index (χ4v) is 2.66. The van der Waals surface area contributed by atoms with Crippen LogP contribution < -0.4 is 10.2 Å². The maximum Gasteiger partial charge on any atom is 0.224 e. The third-order valence-corrected chi connectivity index (χ3v) is 3.89. The predicted octanol–water partition coefficient (Wildman–Crippen LogP) is 2.84. The molecule has 1 N–H and O–H groups in total. The fraction of sp³-hybridized carbons (Fsp3) is 0.714. The Labute approximate surface area is 110 Å². The topological polar surface area (TPSA) is 41.1 Å². The lowest BCUT2D eigenvalue weighted by molar-refractivity contribution is 0.459. The molecule has 1 atom stereocenters. The smallest absolute Gasteiger partial charge is 0.224 e. The van der Waals surface area contributed by atoms with Crippen LogP contribution in [0.2, 0.25) is 0 Å². The van der Waals surface area contributed by atoms with E-state index >= 15 is 0 Å². The Kier molecular flexibility index (Phi) is 4.39. The van der Waals surface area contributed by atoms with E-state index < -0.39 is 0 Å². The highest BCUT2D eigenvalue weighted by atomic mass is 15.2. The highest BCUT2D eigenvalue weighted by Crippen LogP contribution is 2.25. The summed E-state index contributed by atoms with van der Waals surface area (Å²) in [6, 6.07) is 0. The lowest BCUT2D eigenvalue weighted by Crippen LogP contribution is -2.26. The van der Waals surface area contributed by atoms with Crippen LogP contribution in [-0.2, 0) is 0 Å². The van der Waals surface area contributed by atoms with Crippen LogP contribution in [-0.4, -0.2) is 30.1 Å². The molecule has 18 heavy (non-hydrogen) atoms. The Hall–Kier alpha value is -1.32. The molecule has 0 aromatic carbocycles. The molecule has 1 aromatic heterocycles. The van der Waals surface area contributed by atoms with Crippen molar-refractivity contribution in [3.05, 3.63) is 11.8 Å². The SMILES string of the molecule is CCC1CCCN(c2nc(NC)ncc2C)CC1. The zero-order valence-electron chi connectivity index (χ0n) is 11.7. The van der Waals surface area contributed by atoms with Crippen LogP contribution in [0.25, 0.3) is 0 Å². The summed E-state index contributed by atoms with van der Waals surface area (Å²) in [5.41, 5.74) is 1.17. The molecule has 0 bridgehead atoms. The number of hydrogen-bond acceptors (Lipinski definition) is 4. The third kappa shape index (κ3) is 2.92. The number of rotatable bonds is 3. The van der Waals surface area contributed by atoms with Gasteiger partial charge in [0.25, 0.3) is 0 Å². The van der Waals surface area contributed by atoms with Gasteiger partial charge in [0.05, 0.1) is 0 Å². The van der Waals surface area contributed by atoms with E-state index in [0.29, 0.717) is 5.95 Å². The van der Waals surface area contributed by atoms with Crippen molar-refractivity contribution in [1.82, 2.24) is 9.97 Å². The minimum absolute atomic E-state index is 0.715. The van der Waals surface area contributed by atoms with E-state index in [-0.39, 0.29) is 0 Å². The van der Waals surface area contributed by atoms with E-state index in [1.54, 1.807) is 0 Å². The van der Waals surface area contributed by atoms with Gasteiger partial charge in [-0.3, -0.25) is 0 Å². The summed E-state index contributed by atoms with van der Waals surface area (Å²) in [5, 5.41) is 3.02. The van der Waals surface area contributed by atoms with Gasteiger partial charge in [-0.15, -0.1) is 0 Å². The van der Waals surface area contributed by atoms with Crippen molar-refractivity contribution in [2.24, 2.45) is 5.92 Å². The van der Waals surface area contributed by atoms with Crippen LogP contribution in [0.4, 0.5) is 11.8 Å². The summed E-state index contributed by atoms with van der Waals surface area (Å²) in [4.78, 5) is 11.3. The molecule has 1 aliphatic heterocycles. The highest BCUT2D eigenvalue weighted by molar-refractivity contribution is 5.48. The van der Waals surface area contributed by atoms with Crippen LogP contribution in [0.1, 0.15) is 38.2 Å². The number of nitrogens with zero attached hydrogens (tertiary/aromatic N) is 3. The van der Waals surface area contributed by atoms with Crippen LogP contribution in [0.5, 0.6) is 0 Å². The number of nitrogens with one attached hydrogen (secondary N) is 1. The maximum absolute atomic E-state index is 4.61. The normalized spacial score (nSPS) is 20.6. The zero-order chi connectivity index (χ0) is 13.0. The lowest BCUT2D eigenvalue weighted by Gasteiger charge is -2.23. The van der Waals surface area contributed by atoms with Crippen molar-refractivity contribution in [3.63, 3.8) is 0 Å². The maximum atomic E-state index is 4.61. The molecule has 4 heteroatoms. The van der Waals surface area contributed by atoms with Crippen LogP contribution in [0.15, 0.2) is 6.20 Å². The van der Waals surface area contributed by atoms with Gasteiger partial charge in [-0.1, -0.05) is 13.3 Å². The molecular weight excluding hydrogens is 224 g/mol. The molecule has 1 fully saturated rings. The Morgan fingerprint density at radius 3 is 2.94 bits per heavy atom. The Morgan fingerprint density at radius 2 is 2.22 bits per heavy atom. The first-order valence-corrected chi connectivity index (χ1v) is 7.01. The van der Waals surface area contributed by atoms with E-state index in [1.807, 2.05) is 13.2 Å². The Morgan fingerprint density at radius 1 is 1.39 bits per heavy atom. The number of aryl methyl sites for hydroxylation is 1. The minimum atomic E-state index is 0.715. The standard InChI is InChI=1S/C14H24N4/c1-4-12-6-5-8-18(9-7-12)13-11(2)10-16-14(15-3)17-13/h10,12H,4-9H2,1-3H3,(H,15,16,17). The summed E-state index contributed by atoms with van der Waals surface area (Å²) >= 11 is 0. The van der Waals surface area contributed by atoms with E-state index in [9.17, 15) is 0 Å². The summed E-state index contributed by atoms with van der Waals surface area (Å²) in [7, 11) is 1.87. The van der Waals surface area contributed by atoms with E-state index in [2.05, 4.69) is 34.0 Å². The fourth-order valence-electron chi connectivity index (χ4n) is 2.66. The summed E-state index contributed by atoms with van der Waals surface area (Å²) in [5.74, 6) is 2.71. The van der Waals surface area contributed by atoms with Crippen molar-refractivity contribution in [1.29, 1.82) is 0 Å². The average Bonchev–Trinajstić information content (AvgIpc) is 2.64. The van der Waals surface area contributed by atoms with Crippen molar-refractivity contribution in [2.75, 3.05) is 30.4 Å². The second kappa shape index (κ2) is 6.03. The van der Waals surface area contributed by atoms with E-state index in [1.165, 1.54) is 31.2 Å². The largest absolute Gasteiger partial charge is 0.357 e. The van der Waals surface area contributed by atoms with Gasteiger partial charge in [-0.05, 0) is 32.1 Å². The number of hydrogen-bond donors (Lipinski definition) is 1. The second-order valence-electron chi connectivity index (χ2n) is 5.14. The molecule has 4 nitrogen and oxygen atoms in total. The summed E-state index contributed by atoms with van der Waals surface area (Å²) in [6.07, 6.45) is 7.14. The Balaban J connectivity index is 2.15. The lowest BCUT2D eigenvalue weighted by atomic mass is 9.98. The van der Waals surface area contributed by atoms with Crippen molar-refractivity contribution in [2.45, 2.75) is 39.5 Å². The molecule has 0 amide bonds. The van der Waals surface area contributed by atoms with Gasteiger partial charge >= 0.3 is 0 Å². The molecule has 1 unspecified atom stereocenters. The van der Waals surface area contributed by atoms with Gasteiger partial charge in [0.15, 0.2) is 0 Å². The Bertz CT molecular complexity index is 391. The van der Waals surface area contributed by atoms with Crippen LogP contribution >= 0.6 is 0 Å². The van der Waals surface area contributed by atoms with Gasteiger partial charge in [0.2, 0.25) is 5.95 Å². The molecule has 100 valence electrons. The molecular formula is C14H24N4. The second-order valence-corrected chi connectivity index (χ2v) is 5.14. The van der Waals surface area contributed by atoms with Crippen LogP contribution in [0, 0.1) is 12.8 Å². The van der Waals surface area contributed by atoms with Crippen molar-refractivity contribution >= 4 is 11.8 Å². The van der Waals surface area contributed by atoms with Gasteiger partial charge in [0, 0.05) is 31.9 Å². The number of anilines is 2. The predicted molar refractivity (Wildman–Crippen MR) is 76.2 cm³/mol. The molecule has 0 spiro atoms. The van der Waals surface area contributed by atoms with Crippen molar-refractivity contribution in [3.8, 4) is 0 Å². The highest BCUT2D eigenvalue weighted by Gasteiger charge is 2.18. The molecule has 1 aromatic rings. The molecule has 0 radical (unpaired) electrons. The average molecular weight is 248 g/mol. The molecule has 2 heterocycles. The van der Waals surface area contributed by atoms with Gasteiger partial charge < -0.3 is 10.2 Å². The van der Waals surface area contributed by atoms with Crippen LogP contribution in [0.3, 0.4) is 0 Å². The quantitative estimate of drug-likeness (QED) is 0.893. The van der Waals surface area contributed by atoms with E-state index in [0.717, 1.165) is 24.8 Å². The summed E-state index contributed by atoms with van der Waals surface area (Å²) in [6.45, 7) is 6.64. The van der Waals surface area contributed by atoms with Gasteiger partial charge in [-0.2, -0.15) is 4.98 Å². The van der Waals surface area contributed by atoms with Crippen molar-refractivity contribution < 1.29 is 0 Å². The summed E-state index contributed by atoms with van der Waals surface area (Å²) < 4.78 is 0. The zero-order valence-corrected chi connectivity index (χ0v) is 11.7.